The fourth-order valence-electron chi connectivity index (χ4n) is 6.11. The Kier molecular flexibility index (Phi) is 5.92. The first-order chi connectivity index (χ1) is 14.7. The van der Waals surface area contributed by atoms with Crippen LogP contribution in [0.5, 0.6) is 0 Å². The van der Waals surface area contributed by atoms with Crippen LogP contribution < -0.4 is 5.32 Å². The van der Waals surface area contributed by atoms with Gasteiger partial charge in [0.2, 0.25) is 11.8 Å². The van der Waals surface area contributed by atoms with Gasteiger partial charge < -0.3 is 10.2 Å². The molecule has 1 aromatic heterocycles. The topological polar surface area (TPSA) is 65.5 Å². The number of aromatic nitrogens is 1. The first-order valence-electron chi connectivity index (χ1n) is 11.6. The van der Waals surface area contributed by atoms with Gasteiger partial charge in [0.1, 0.15) is 11.0 Å². The molecule has 2 bridgehead atoms. The number of piperidine rings is 3. The zero-order valence-electron chi connectivity index (χ0n) is 17.6. The lowest BCUT2D eigenvalue weighted by atomic mass is 9.71. The molecule has 162 valence electrons. The summed E-state index contributed by atoms with van der Waals surface area (Å²) >= 11 is 1.70. The van der Waals surface area contributed by atoms with Crippen molar-refractivity contribution in [2.75, 3.05) is 19.6 Å². The molecule has 0 unspecified atom stereocenters. The molecule has 2 amide bonds. The maximum Gasteiger partial charge on any atom is 0.243 e. The van der Waals surface area contributed by atoms with Gasteiger partial charge in [-0.1, -0.05) is 11.6 Å². The molecular formula is C23H32N4O2S. The molecule has 0 spiro atoms. The summed E-state index contributed by atoms with van der Waals surface area (Å²) in [5.74, 6) is 0.924. The van der Waals surface area contributed by atoms with Crippen molar-refractivity contribution in [1.29, 1.82) is 0 Å². The van der Waals surface area contributed by atoms with Gasteiger partial charge in [0.15, 0.2) is 0 Å². The average molecular weight is 429 g/mol. The van der Waals surface area contributed by atoms with Crippen LogP contribution in [0.25, 0.3) is 0 Å². The highest BCUT2D eigenvalue weighted by Gasteiger charge is 2.51. The zero-order valence-corrected chi connectivity index (χ0v) is 18.4. The van der Waals surface area contributed by atoms with E-state index in [-0.39, 0.29) is 29.8 Å². The fourth-order valence-corrected chi connectivity index (χ4v) is 6.77. The normalized spacial score (nSPS) is 31.8. The third-order valence-corrected chi connectivity index (χ3v) is 8.17. The van der Waals surface area contributed by atoms with E-state index in [1.165, 1.54) is 18.4 Å². The lowest BCUT2D eigenvalue weighted by Gasteiger charge is -2.55. The largest absolute Gasteiger partial charge is 0.351 e. The third kappa shape index (κ3) is 4.06. The van der Waals surface area contributed by atoms with Crippen molar-refractivity contribution in [3.8, 4) is 0 Å². The van der Waals surface area contributed by atoms with Crippen molar-refractivity contribution >= 4 is 23.2 Å². The van der Waals surface area contributed by atoms with E-state index in [1.807, 2.05) is 16.5 Å². The molecule has 3 aliphatic heterocycles. The van der Waals surface area contributed by atoms with E-state index in [1.54, 1.807) is 11.3 Å². The van der Waals surface area contributed by atoms with Crippen molar-refractivity contribution in [2.45, 2.75) is 70.0 Å². The van der Waals surface area contributed by atoms with Gasteiger partial charge in [0.25, 0.3) is 0 Å². The Morgan fingerprint density at radius 1 is 1.20 bits per heavy atom. The molecule has 4 heterocycles. The second-order valence-electron chi connectivity index (χ2n) is 9.41. The van der Waals surface area contributed by atoms with Gasteiger partial charge in [-0.05, 0) is 50.9 Å². The van der Waals surface area contributed by atoms with E-state index in [2.05, 4.69) is 21.3 Å². The molecule has 7 heteroatoms. The molecule has 1 aromatic rings. The fraction of sp³-hybridized carbons (Fsp3) is 0.696. The van der Waals surface area contributed by atoms with Crippen molar-refractivity contribution in [3.63, 3.8) is 0 Å². The summed E-state index contributed by atoms with van der Waals surface area (Å²) in [4.78, 5) is 35.3. The molecular weight excluding hydrogens is 396 g/mol. The number of rotatable bonds is 5. The molecule has 4 atom stereocenters. The average Bonchev–Trinajstić information content (AvgIpc) is 3.27. The van der Waals surface area contributed by atoms with Gasteiger partial charge in [-0.2, -0.15) is 0 Å². The van der Waals surface area contributed by atoms with E-state index in [9.17, 15) is 9.59 Å². The highest BCUT2D eigenvalue weighted by molar-refractivity contribution is 7.09. The second kappa shape index (κ2) is 8.79. The monoisotopic (exact) mass is 428 g/mol. The summed E-state index contributed by atoms with van der Waals surface area (Å²) < 4.78 is 0. The van der Waals surface area contributed by atoms with E-state index >= 15 is 0 Å². The van der Waals surface area contributed by atoms with Crippen LogP contribution in [0.2, 0.25) is 0 Å². The maximum atomic E-state index is 13.4. The predicted octanol–water partition coefficient (Wildman–Crippen LogP) is 2.96. The van der Waals surface area contributed by atoms with Gasteiger partial charge in [-0.25, -0.2) is 4.98 Å². The standard InChI is InChI=1S/C23H32N4O2S/c28-21-8-4-7-19-17-11-18(14-26(13-17)15-20-24-9-10-30-20)22(27(19)21)23(29)25-12-16-5-2-1-3-6-16/h5,9-10,17-19,22H,1-4,6-8,11-15H2,(H,25,29)/t17-,18+,19-,22+/m0/s1. The van der Waals surface area contributed by atoms with Crippen molar-refractivity contribution in [3.05, 3.63) is 28.2 Å². The Balaban J connectivity index is 1.34. The third-order valence-electron chi connectivity index (χ3n) is 7.40. The van der Waals surface area contributed by atoms with E-state index in [0.29, 0.717) is 18.9 Å². The van der Waals surface area contributed by atoms with Crippen LogP contribution in [0.4, 0.5) is 0 Å². The number of allylic oxidation sites excluding steroid dienone is 1. The number of carbonyl (C=O) groups is 2. The minimum absolute atomic E-state index is 0.0567. The summed E-state index contributed by atoms with van der Waals surface area (Å²) in [6, 6.07) is -0.103. The molecule has 30 heavy (non-hydrogen) atoms. The quantitative estimate of drug-likeness (QED) is 0.733. The SMILES string of the molecule is O=C(NCC1=CCCCC1)[C@H]1[C@@H]2C[C@@H](CN(Cc3nccs3)C2)[C@@H]2CCCC(=O)N21. The van der Waals surface area contributed by atoms with Crippen LogP contribution in [0.1, 0.15) is 56.4 Å². The lowest BCUT2D eigenvalue weighted by molar-refractivity contribution is -0.160. The van der Waals surface area contributed by atoms with Crippen LogP contribution in [-0.2, 0) is 16.1 Å². The van der Waals surface area contributed by atoms with Crippen molar-refractivity contribution < 1.29 is 9.59 Å². The maximum absolute atomic E-state index is 13.4. The number of amides is 2. The van der Waals surface area contributed by atoms with E-state index < -0.39 is 0 Å². The van der Waals surface area contributed by atoms with Crippen LogP contribution in [-0.4, -0.2) is 58.3 Å². The summed E-state index contributed by atoms with van der Waals surface area (Å²) in [5.41, 5.74) is 1.35. The highest BCUT2D eigenvalue weighted by atomic mass is 32.1. The van der Waals surface area contributed by atoms with Gasteiger partial charge in [0.05, 0.1) is 6.54 Å². The first kappa shape index (κ1) is 20.2. The Labute approximate surface area is 182 Å². The molecule has 6 nitrogen and oxygen atoms in total. The molecule has 5 rings (SSSR count). The number of hydrogen-bond donors (Lipinski definition) is 1. The van der Waals surface area contributed by atoms with Crippen molar-refractivity contribution in [1.82, 2.24) is 20.1 Å². The Hall–Kier alpha value is -1.73. The molecule has 1 aliphatic carbocycles. The summed E-state index contributed by atoms with van der Waals surface area (Å²) in [6.07, 6.45) is 12.5. The number of carbonyl (C=O) groups excluding carboxylic acids is 2. The van der Waals surface area contributed by atoms with E-state index in [4.69, 9.17) is 0 Å². The zero-order chi connectivity index (χ0) is 20.5. The van der Waals surface area contributed by atoms with Gasteiger partial charge in [0, 0.05) is 49.6 Å². The molecule has 3 fully saturated rings. The highest BCUT2D eigenvalue weighted by Crippen LogP contribution is 2.42. The minimum atomic E-state index is -0.317. The molecule has 0 aromatic carbocycles. The predicted molar refractivity (Wildman–Crippen MR) is 117 cm³/mol. The number of fused-ring (bicyclic) bond motifs is 4. The molecule has 1 N–H and O–H groups in total. The summed E-state index contributed by atoms with van der Waals surface area (Å²) in [6.45, 7) is 3.37. The van der Waals surface area contributed by atoms with Crippen LogP contribution >= 0.6 is 11.3 Å². The Bertz CT molecular complexity index is 808. The van der Waals surface area contributed by atoms with Gasteiger partial charge >= 0.3 is 0 Å². The molecule has 4 aliphatic rings. The second-order valence-corrected chi connectivity index (χ2v) is 10.4. The van der Waals surface area contributed by atoms with E-state index in [0.717, 1.165) is 56.7 Å². The van der Waals surface area contributed by atoms with Gasteiger partial charge in [-0.3, -0.25) is 14.5 Å². The number of nitrogens with one attached hydrogen (secondary N) is 1. The smallest absolute Gasteiger partial charge is 0.243 e. The number of likely N-dealkylation sites (tertiary alicyclic amines) is 1. The molecule has 3 saturated heterocycles. The minimum Gasteiger partial charge on any atom is -0.351 e. The van der Waals surface area contributed by atoms with Crippen LogP contribution in [0, 0.1) is 11.8 Å². The Morgan fingerprint density at radius 2 is 2.10 bits per heavy atom. The van der Waals surface area contributed by atoms with Crippen LogP contribution in [0.15, 0.2) is 23.2 Å². The van der Waals surface area contributed by atoms with Gasteiger partial charge in [-0.15, -0.1) is 11.3 Å². The first-order valence-corrected chi connectivity index (χ1v) is 12.4. The number of nitrogens with zero attached hydrogens (tertiary/aromatic N) is 3. The number of thiazole rings is 1. The molecule has 0 saturated carbocycles. The summed E-state index contributed by atoms with van der Waals surface area (Å²) in [5, 5.41) is 6.37. The Morgan fingerprint density at radius 3 is 2.90 bits per heavy atom. The molecule has 0 radical (unpaired) electrons. The summed E-state index contributed by atoms with van der Waals surface area (Å²) in [7, 11) is 0. The van der Waals surface area contributed by atoms with Crippen molar-refractivity contribution in [2.24, 2.45) is 11.8 Å². The number of hydrogen-bond acceptors (Lipinski definition) is 5. The lowest BCUT2D eigenvalue weighted by Crippen LogP contribution is -2.68. The van der Waals surface area contributed by atoms with Crippen LogP contribution in [0.3, 0.4) is 0 Å².